The number of benzene rings is 2. The highest BCUT2D eigenvalue weighted by atomic mass is 32.2. The van der Waals surface area contributed by atoms with Crippen molar-refractivity contribution in [2.24, 2.45) is 0 Å². The average Bonchev–Trinajstić information content (AvgIpc) is 2.61. The Hall–Kier alpha value is -2.54. The summed E-state index contributed by atoms with van der Waals surface area (Å²) in [6, 6.07) is 15.5. The van der Waals surface area contributed by atoms with Crippen LogP contribution in [-0.4, -0.2) is 40.3 Å². The lowest BCUT2D eigenvalue weighted by Gasteiger charge is -2.28. The highest BCUT2D eigenvalue weighted by Gasteiger charge is 2.29. The Bertz CT molecular complexity index is 838. The van der Waals surface area contributed by atoms with E-state index in [1.165, 1.54) is 7.11 Å². The summed E-state index contributed by atoms with van der Waals surface area (Å²) < 4.78 is 30.8. The lowest BCUT2D eigenvalue weighted by molar-refractivity contribution is -0.121. The number of carbonyl (C=O) groups is 1. The third-order valence-corrected chi connectivity index (χ3v) is 5.19. The molecule has 0 spiro atoms. The summed E-state index contributed by atoms with van der Waals surface area (Å²) in [6.07, 6.45) is 1.76. The van der Waals surface area contributed by atoms with Gasteiger partial charge in [0, 0.05) is 12.6 Å². The molecule has 6 nitrogen and oxygen atoms in total. The van der Waals surface area contributed by atoms with Crippen LogP contribution in [0, 0.1) is 0 Å². The van der Waals surface area contributed by atoms with Crippen molar-refractivity contribution in [2.75, 3.05) is 24.2 Å². The molecule has 0 radical (unpaired) electrons. The van der Waals surface area contributed by atoms with Crippen LogP contribution >= 0.6 is 0 Å². The molecule has 1 atom stereocenters. The van der Waals surface area contributed by atoms with Crippen molar-refractivity contribution in [1.82, 2.24) is 5.32 Å². The molecule has 0 aromatic heterocycles. The van der Waals surface area contributed by atoms with E-state index in [2.05, 4.69) is 5.32 Å². The number of carbonyl (C=O) groups excluding carboxylic acids is 1. The third kappa shape index (κ3) is 5.23. The number of nitrogens with one attached hydrogen (secondary N) is 1. The minimum Gasteiger partial charge on any atom is -0.497 e. The minimum atomic E-state index is -3.65. The quantitative estimate of drug-likeness (QED) is 0.766. The monoisotopic (exact) mass is 376 g/mol. The van der Waals surface area contributed by atoms with Crippen molar-refractivity contribution in [3.63, 3.8) is 0 Å². The molecule has 7 heteroatoms. The van der Waals surface area contributed by atoms with Crippen LogP contribution < -0.4 is 14.4 Å². The number of nitrogens with zero attached hydrogens (tertiary/aromatic N) is 1. The van der Waals surface area contributed by atoms with Gasteiger partial charge in [-0.05, 0) is 31.0 Å². The average molecular weight is 376 g/mol. The highest BCUT2D eigenvalue weighted by molar-refractivity contribution is 7.92. The van der Waals surface area contributed by atoms with E-state index in [0.717, 1.165) is 16.1 Å². The molecule has 0 heterocycles. The first-order chi connectivity index (χ1) is 12.3. The van der Waals surface area contributed by atoms with Crippen LogP contribution in [0.1, 0.15) is 12.5 Å². The van der Waals surface area contributed by atoms with E-state index >= 15 is 0 Å². The SMILES string of the molecule is COc1cccc(N([C@@H](C)C(=O)NCCc2ccccc2)S(C)(=O)=O)c1. The number of rotatable bonds is 8. The molecule has 0 bridgehead atoms. The number of methoxy groups -OCH3 is 1. The Labute approximate surface area is 154 Å². The topological polar surface area (TPSA) is 75.7 Å². The first kappa shape index (κ1) is 19.8. The number of anilines is 1. The van der Waals surface area contributed by atoms with Gasteiger partial charge in [-0.3, -0.25) is 9.10 Å². The zero-order valence-corrected chi connectivity index (χ0v) is 16.0. The Morgan fingerprint density at radius 3 is 2.46 bits per heavy atom. The number of ether oxygens (including phenoxy) is 1. The predicted molar refractivity (Wildman–Crippen MR) is 103 cm³/mol. The molecule has 1 amide bonds. The molecule has 140 valence electrons. The maximum atomic E-state index is 12.5. The van der Waals surface area contributed by atoms with Gasteiger partial charge < -0.3 is 10.1 Å². The summed E-state index contributed by atoms with van der Waals surface area (Å²) in [7, 11) is -2.14. The largest absolute Gasteiger partial charge is 0.497 e. The predicted octanol–water partition coefficient (Wildman–Crippen LogP) is 2.21. The molecule has 2 aromatic carbocycles. The normalized spacial score (nSPS) is 12.3. The van der Waals surface area contributed by atoms with Crippen LogP contribution in [0.3, 0.4) is 0 Å². The van der Waals surface area contributed by atoms with Crippen LogP contribution in [0.25, 0.3) is 0 Å². The van der Waals surface area contributed by atoms with Gasteiger partial charge in [-0.25, -0.2) is 8.42 Å². The summed E-state index contributed by atoms with van der Waals surface area (Å²) >= 11 is 0. The van der Waals surface area contributed by atoms with Gasteiger partial charge in [-0.15, -0.1) is 0 Å². The standard InChI is InChI=1S/C19H24N2O4S/c1-15(19(22)20-13-12-16-8-5-4-6-9-16)21(26(3,23)24)17-10-7-11-18(14-17)25-2/h4-11,14-15H,12-13H2,1-3H3,(H,20,22)/t15-/m0/s1. The highest BCUT2D eigenvalue weighted by Crippen LogP contribution is 2.25. The Kier molecular flexibility index (Phi) is 6.63. The number of hydrogen-bond donors (Lipinski definition) is 1. The van der Waals surface area contributed by atoms with Crippen LogP contribution in [0.5, 0.6) is 5.75 Å². The van der Waals surface area contributed by atoms with E-state index < -0.39 is 16.1 Å². The zero-order valence-electron chi connectivity index (χ0n) is 15.2. The maximum absolute atomic E-state index is 12.5. The van der Waals surface area contributed by atoms with Crippen molar-refractivity contribution in [3.8, 4) is 5.75 Å². The van der Waals surface area contributed by atoms with E-state index in [1.807, 2.05) is 30.3 Å². The Morgan fingerprint density at radius 1 is 1.15 bits per heavy atom. The minimum absolute atomic E-state index is 0.353. The molecule has 0 aliphatic heterocycles. The summed E-state index contributed by atoms with van der Waals surface area (Å²) in [5.74, 6) is 0.169. The second kappa shape index (κ2) is 8.71. The number of hydrogen-bond acceptors (Lipinski definition) is 4. The fraction of sp³-hybridized carbons (Fsp3) is 0.316. The summed E-state index contributed by atoms with van der Waals surface area (Å²) in [5, 5.41) is 2.81. The second-order valence-corrected chi connectivity index (χ2v) is 7.82. The maximum Gasteiger partial charge on any atom is 0.243 e. The van der Waals surface area contributed by atoms with Crippen LogP contribution in [0.4, 0.5) is 5.69 Å². The van der Waals surface area contributed by atoms with Crippen molar-refractivity contribution in [2.45, 2.75) is 19.4 Å². The van der Waals surface area contributed by atoms with Gasteiger partial charge in [0.2, 0.25) is 15.9 Å². The number of amides is 1. The smallest absolute Gasteiger partial charge is 0.243 e. The van der Waals surface area contributed by atoms with Crippen molar-refractivity contribution in [1.29, 1.82) is 0 Å². The molecule has 2 aromatic rings. The van der Waals surface area contributed by atoms with E-state index in [-0.39, 0.29) is 5.91 Å². The van der Waals surface area contributed by atoms with Crippen LogP contribution in [0.15, 0.2) is 54.6 Å². The zero-order chi connectivity index (χ0) is 19.2. The van der Waals surface area contributed by atoms with Crippen molar-refractivity contribution < 1.29 is 17.9 Å². The van der Waals surface area contributed by atoms with Gasteiger partial charge in [0.1, 0.15) is 11.8 Å². The van der Waals surface area contributed by atoms with Gasteiger partial charge in [0.15, 0.2) is 0 Å². The molecule has 0 saturated heterocycles. The van der Waals surface area contributed by atoms with Gasteiger partial charge in [0.05, 0.1) is 19.1 Å². The van der Waals surface area contributed by atoms with Gasteiger partial charge in [-0.1, -0.05) is 36.4 Å². The molecule has 0 unspecified atom stereocenters. The first-order valence-electron chi connectivity index (χ1n) is 8.28. The van der Waals surface area contributed by atoms with Gasteiger partial charge in [0.25, 0.3) is 0 Å². The van der Waals surface area contributed by atoms with E-state index in [0.29, 0.717) is 24.4 Å². The van der Waals surface area contributed by atoms with E-state index in [4.69, 9.17) is 4.74 Å². The fourth-order valence-electron chi connectivity index (χ4n) is 2.68. The van der Waals surface area contributed by atoms with E-state index in [1.54, 1.807) is 31.2 Å². The summed E-state index contributed by atoms with van der Waals surface area (Å²) in [6.45, 7) is 2.00. The van der Waals surface area contributed by atoms with Crippen LogP contribution in [-0.2, 0) is 21.2 Å². The fourth-order valence-corrected chi connectivity index (χ4v) is 3.85. The Balaban J connectivity index is 2.10. The van der Waals surface area contributed by atoms with Gasteiger partial charge in [-0.2, -0.15) is 0 Å². The first-order valence-corrected chi connectivity index (χ1v) is 10.1. The second-order valence-electron chi connectivity index (χ2n) is 5.96. The van der Waals surface area contributed by atoms with Gasteiger partial charge >= 0.3 is 0 Å². The molecular weight excluding hydrogens is 352 g/mol. The molecule has 0 aliphatic carbocycles. The molecule has 0 fully saturated rings. The lowest BCUT2D eigenvalue weighted by Crippen LogP contribution is -2.48. The molecule has 0 saturated carbocycles. The summed E-state index contributed by atoms with van der Waals surface area (Å²) in [4.78, 5) is 12.5. The third-order valence-electron chi connectivity index (χ3n) is 3.95. The lowest BCUT2D eigenvalue weighted by atomic mass is 10.1. The van der Waals surface area contributed by atoms with Crippen molar-refractivity contribution >= 4 is 21.6 Å². The molecule has 26 heavy (non-hydrogen) atoms. The molecular formula is C19H24N2O4S. The molecule has 0 aliphatic rings. The number of sulfonamides is 1. The van der Waals surface area contributed by atoms with Crippen molar-refractivity contribution in [3.05, 3.63) is 60.2 Å². The van der Waals surface area contributed by atoms with Crippen LogP contribution in [0.2, 0.25) is 0 Å². The molecule has 2 rings (SSSR count). The summed E-state index contributed by atoms with van der Waals surface area (Å²) in [5.41, 5.74) is 1.49. The molecule has 1 N–H and O–H groups in total. The Morgan fingerprint density at radius 2 is 1.85 bits per heavy atom. The van der Waals surface area contributed by atoms with E-state index in [9.17, 15) is 13.2 Å².